The van der Waals surface area contributed by atoms with Crippen LogP contribution in [0.2, 0.25) is 0 Å². The quantitative estimate of drug-likeness (QED) is 0.492. The molecular weight excluding hydrogens is 301 g/mol. The Bertz CT molecular complexity index is 313. The molecule has 0 amide bonds. The van der Waals surface area contributed by atoms with Crippen LogP contribution in [0.3, 0.4) is 0 Å². The van der Waals surface area contributed by atoms with Gasteiger partial charge in [0.05, 0.1) is 0 Å². The van der Waals surface area contributed by atoms with Crippen LogP contribution < -0.4 is 0 Å². The molecule has 2 saturated carbocycles. The summed E-state index contributed by atoms with van der Waals surface area (Å²) in [5.74, 6) is 2.83. The first-order valence-corrected chi connectivity index (χ1v) is 9.53. The van der Waals surface area contributed by atoms with E-state index in [0.717, 1.165) is 37.2 Å². The Hall–Kier alpha value is -0.250. The van der Waals surface area contributed by atoms with E-state index in [2.05, 4.69) is 0 Å². The second-order valence-corrected chi connectivity index (χ2v) is 7.85. The van der Waals surface area contributed by atoms with Crippen molar-refractivity contribution >= 4 is 0 Å². The molecule has 0 aromatic heterocycles. The van der Waals surface area contributed by atoms with Crippen LogP contribution >= 0.6 is 0 Å². The Morgan fingerprint density at radius 3 is 1.70 bits per heavy atom. The number of halogens is 3. The van der Waals surface area contributed by atoms with E-state index in [1.54, 1.807) is 7.11 Å². The third-order valence-electron chi connectivity index (χ3n) is 6.25. The van der Waals surface area contributed by atoms with Crippen molar-refractivity contribution in [3.05, 3.63) is 0 Å². The van der Waals surface area contributed by atoms with Crippen LogP contribution in [-0.4, -0.2) is 19.9 Å². The Kier molecular flexibility index (Phi) is 7.71. The van der Waals surface area contributed by atoms with Gasteiger partial charge < -0.3 is 4.74 Å². The zero-order valence-corrected chi connectivity index (χ0v) is 14.5. The second-order valence-electron chi connectivity index (χ2n) is 7.85. The molecular formula is C19H33F3O. The van der Waals surface area contributed by atoms with Gasteiger partial charge in [-0.2, -0.15) is 13.2 Å². The third-order valence-corrected chi connectivity index (χ3v) is 6.25. The fourth-order valence-corrected chi connectivity index (χ4v) is 4.78. The van der Waals surface area contributed by atoms with Crippen molar-refractivity contribution in [2.24, 2.45) is 23.7 Å². The monoisotopic (exact) mass is 334 g/mol. The number of hydrogen-bond donors (Lipinski definition) is 0. The van der Waals surface area contributed by atoms with Crippen molar-refractivity contribution in [3.63, 3.8) is 0 Å². The van der Waals surface area contributed by atoms with Crippen LogP contribution in [0, 0.1) is 23.7 Å². The number of hydrogen-bond acceptors (Lipinski definition) is 1. The highest BCUT2D eigenvalue weighted by Crippen LogP contribution is 2.43. The highest BCUT2D eigenvalue weighted by molar-refractivity contribution is 4.82. The van der Waals surface area contributed by atoms with Crippen molar-refractivity contribution in [1.82, 2.24) is 0 Å². The molecule has 4 heteroatoms. The molecule has 0 spiro atoms. The van der Waals surface area contributed by atoms with Gasteiger partial charge in [0.1, 0.15) is 0 Å². The maximum Gasteiger partial charge on any atom is 0.389 e. The van der Waals surface area contributed by atoms with Crippen LogP contribution in [0.1, 0.15) is 77.0 Å². The molecule has 0 aliphatic heterocycles. The van der Waals surface area contributed by atoms with Gasteiger partial charge >= 0.3 is 6.18 Å². The largest absolute Gasteiger partial charge is 0.389 e. The van der Waals surface area contributed by atoms with Crippen LogP contribution in [0.25, 0.3) is 0 Å². The molecule has 0 aromatic rings. The second kappa shape index (κ2) is 9.29. The summed E-state index contributed by atoms with van der Waals surface area (Å²) < 4.78 is 42.1. The summed E-state index contributed by atoms with van der Waals surface area (Å²) in [6.07, 6.45) is 8.03. The number of methoxy groups -OCH3 is 1. The molecule has 1 nitrogen and oxygen atoms in total. The number of alkyl halides is 3. The SMILES string of the molecule is COCCCC1CCC(C2CCC(CCC(F)(F)F)CC2)CC1. The van der Waals surface area contributed by atoms with Crippen molar-refractivity contribution in [2.45, 2.75) is 83.2 Å². The summed E-state index contributed by atoms with van der Waals surface area (Å²) in [7, 11) is 1.77. The fraction of sp³-hybridized carbons (Fsp3) is 1.00. The van der Waals surface area contributed by atoms with Crippen LogP contribution in [0.4, 0.5) is 13.2 Å². The minimum Gasteiger partial charge on any atom is -0.385 e. The molecule has 2 aliphatic rings. The summed E-state index contributed by atoms with van der Waals surface area (Å²) in [5, 5.41) is 0. The van der Waals surface area contributed by atoms with Gasteiger partial charge in [-0.3, -0.25) is 0 Å². The van der Waals surface area contributed by atoms with Crippen molar-refractivity contribution in [3.8, 4) is 0 Å². The average molecular weight is 334 g/mol. The van der Waals surface area contributed by atoms with Crippen molar-refractivity contribution < 1.29 is 17.9 Å². The molecule has 2 fully saturated rings. The van der Waals surface area contributed by atoms with Crippen LogP contribution in [0.15, 0.2) is 0 Å². The maximum atomic E-state index is 12.3. The van der Waals surface area contributed by atoms with E-state index in [0.29, 0.717) is 12.3 Å². The van der Waals surface area contributed by atoms with E-state index in [1.165, 1.54) is 51.4 Å². The summed E-state index contributed by atoms with van der Waals surface area (Å²) in [6.45, 7) is 0.877. The van der Waals surface area contributed by atoms with E-state index >= 15 is 0 Å². The average Bonchev–Trinajstić information content (AvgIpc) is 2.54. The first-order valence-electron chi connectivity index (χ1n) is 9.53. The lowest BCUT2D eigenvalue weighted by molar-refractivity contribution is -0.138. The van der Waals surface area contributed by atoms with E-state index in [4.69, 9.17) is 4.74 Å². The molecule has 0 N–H and O–H groups in total. The smallest absolute Gasteiger partial charge is 0.385 e. The molecule has 23 heavy (non-hydrogen) atoms. The van der Waals surface area contributed by atoms with Crippen molar-refractivity contribution in [1.29, 1.82) is 0 Å². The van der Waals surface area contributed by atoms with Gasteiger partial charge in [-0.15, -0.1) is 0 Å². The zero-order chi connectivity index (χ0) is 16.7. The van der Waals surface area contributed by atoms with Gasteiger partial charge in [0.25, 0.3) is 0 Å². The molecule has 2 aliphatic carbocycles. The molecule has 0 bridgehead atoms. The number of ether oxygens (including phenoxy) is 1. The first-order chi connectivity index (χ1) is 11.0. The molecule has 0 aromatic carbocycles. The predicted molar refractivity (Wildman–Crippen MR) is 87.3 cm³/mol. The third kappa shape index (κ3) is 7.03. The summed E-state index contributed by atoms with van der Waals surface area (Å²) in [4.78, 5) is 0. The summed E-state index contributed by atoms with van der Waals surface area (Å²) in [6, 6.07) is 0. The molecule has 0 unspecified atom stereocenters. The molecule has 136 valence electrons. The van der Waals surface area contributed by atoms with Crippen LogP contribution in [0.5, 0.6) is 0 Å². The molecule has 2 rings (SSSR count). The number of rotatable bonds is 7. The Morgan fingerprint density at radius 1 is 0.783 bits per heavy atom. The topological polar surface area (TPSA) is 9.23 Å². The van der Waals surface area contributed by atoms with Crippen LogP contribution in [-0.2, 0) is 4.74 Å². The molecule has 0 atom stereocenters. The van der Waals surface area contributed by atoms with E-state index < -0.39 is 12.6 Å². The normalized spacial score (nSPS) is 32.9. The van der Waals surface area contributed by atoms with E-state index in [-0.39, 0.29) is 0 Å². The Balaban J connectivity index is 1.61. The molecule has 0 heterocycles. The first kappa shape index (κ1) is 19.1. The zero-order valence-electron chi connectivity index (χ0n) is 14.5. The van der Waals surface area contributed by atoms with Gasteiger partial charge in [0, 0.05) is 20.1 Å². The summed E-state index contributed by atoms with van der Waals surface area (Å²) in [5.41, 5.74) is 0. The van der Waals surface area contributed by atoms with Gasteiger partial charge in [0.15, 0.2) is 0 Å². The van der Waals surface area contributed by atoms with E-state index in [1.807, 2.05) is 0 Å². The Labute approximate surface area is 139 Å². The maximum absolute atomic E-state index is 12.3. The molecule has 0 radical (unpaired) electrons. The fourth-order valence-electron chi connectivity index (χ4n) is 4.78. The molecule has 0 saturated heterocycles. The predicted octanol–water partition coefficient (Wildman–Crippen LogP) is 6.37. The van der Waals surface area contributed by atoms with Gasteiger partial charge in [-0.05, 0) is 68.6 Å². The van der Waals surface area contributed by atoms with Gasteiger partial charge in [0.2, 0.25) is 0 Å². The standard InChI is InChI=1S/C19H33F3O/c1-23-14-2-3-15-4-8-17(9-5-15)18-10-6-16(7-11-18)12-13-19(20,21)22/h15-18H,2-14H2,1H3. The minimum absolute atomic E-state index is 0.318. The van der Waals surface area contributed by atoms with Gasteiger partial charge in [-0.1, -0.05) is 25.7 Å². The minimum atomic E-state index is -3.97. The van der Waals surface area contributed by atoms with E-state index in [9.17, 15) is 13.2 Å². The highest BCUT2D eigenvalue weighted by atomic mass is 19.4. The van der Waals surface area contributed by atoms with Gasteiger partial charge in [-0.25, -0.2) is 0 Å². The highest BCUT2D eigenvalue weighted by Gasteiger charge is 2.33. The lowest BCUT2D eigenvalue weighted by Crippen LogP contribution is -2.26. The summed E-state index contributed by atoms with van der Waals surface area (Å²) >= 11 is 0. The lowest BCUT2D eigenvalue weighted by Gasteiger charge is -2.38. The lowest BCUT2D eigenvalue weighted by atomic mass is 9.68. The van der Waals surface area contributed by atoms with Crippen molar-refractivity contribution in [2.75, 3.05) is 13.7 Å². The Morgan fingerprint density at radius 2 is 1.26 bits per heavy atom.